The Labute approximate surface area is 147 Å². The van der Waals surface area contributed by atoms with Crippen LogP contribution in [0.4, 0.5) is 13.2 Å². The van der Waals surface area contributed by atoms with Gasteiger partial charge in [0, 0.05) is 6.04 Å². The quantitative estimate of drug-likeness (QED) is 0.824. The van der Waals surface area contributed by atoms with Crippen LogP contribution in [-0.2, 0) is 11.0 Å². The molecule has 3 unspecified atom stereocenters. The van der Waals surface area contributed by atoms with Crippen LogP contribution in [0.2, 0.25) is 5.02 Å². The summed E-state index contributed by atoms with van der Waals surface area (Å²) in [6, 6.07) is 3.14. The van der Waals surface area contributed by atoms with Crippen molar-refractivity contribution in [3.05, 3.63) is 28.8 Å². The van der Waals surface area contributed by atoms with Gasteiger partial charge in [-0.1, -0.05) is 11.6 Å². The molecule has 1 aromatic carbocycles. The summed E-state index contributed by atoms with van der Waals surface area (Å²) in [5.74, 6) is -0.516. The van der Waals surface area contributed by atoms with E-state index in [-0.39, 0.29) is 23.9 Å². The van der Waals surface area contributed by atoms with Gasteiger partial charge in [-0.3, -0.25) is 4.79 Å². The van der Waals surface area contributed by atoms with Crippen molar-refractivity contribution in [3.63, 3.8) is 0 Å². The second-order valence-corrected chi connectivity index (χ2v) is 6.55. The topological polar surface area (TPSA) is 65.4 Å². The van der Waals surface area contributed by atoms with Gasteiger partial charge in [0.05, 0.1) is 22.7 Å². The molecule has 1 N–H and O–H groups in total. The number of hydrogen-bond acceptors (Lipinski definition) is 4. The van der Waals surface area contributed by atoms with Crippen LogP contribution in [0.15, 0.2) is 18.2 Å². The van der Waals surface area contributed by atoms with Crippen molar-refractivity contribution in [2.75, 3.05) is 6.61 Å². The maximum absolute atomic E-state index is 12.8. The van der Waals surface area contributed by atoms with Gasteiger partial charge in [-0.05, 0) is 37.5 Å². The lowest BCUT2D eigenvalue weighted by atomic mass is 9.95. The van der Waals surface area contributed by atoms with E-state index in [9.17, 15) is 18.0 Å². The highest BCUT2D eigenvalue weighted by atomic mass is 35.5. The lowest BCUT2D eigenvalue weighted by Gasteiger charge is -2.22. The number of halogens is 4. The fourth-order valence-corrected chi connectivity index (χ4v) is 3.73. The van der Waals surface area contributed by atoms with Crippen LogP contribution in [0.3, 0.4) is 0 Å². The van der Waals surface area contributed by atoms with Crippen LogP contribution in [0.5, 0.6) is 5.75 Å². The van der Waals surface area contributed by atoms with Crippen molar-refractivity contribution < 1.29 is 22.7 Å². The Morgan fingerprint density at radius 1 is 1.44 bits per heavy atom. The largest absolute Gasteiger partial charge is 0.484 e. The number of nitrogens with zero attached hydrogens (tertiary/aromatic N) is 2. The van der Waals surface area contributed by atoms with E-state index in [0.717, 1.165) is 25.0 Å². The SMILES string of the molecule is N#CN1C2CCC1C(NC(=O)COc1ccc(Cl)c(C(F)(F)F)c1)C2. The minimum absolute atomic E-state index is 0.00804. The minimum atomic E-state index is -4.59. The van der Waals surface area contributed by atoms with E-state index in [2.05, 4.69) is 11.5 Å². The van der Waals surface area contributed by atoms with E-state index in [1.54, 1.807) is 4.90 Å². The molecule has 2 aliphatic rings. The maximum Gasteiger partial charge on any atom is 0.417 e. The number of nitrogens with one attached hydrogen (secondary N) is 1. The van der Waals surface area contributed by atoms with E-state index >= 15 is 0 Å². The van der Waals surface area contributed by atoms with Crippen molar-refractivity contribution in [2.45, 2.75) is 43.6 Å². The Morgan fingerprint density at radius 3 is 2.84 bits per heavy atom. The second kappa shape index (κ2) is 6.64. The molecule has 1 aromatic rings. The summed E-state index contributed by atoms with van der Waals surface area (Å²) in [6.45, 7) is -0.403. The highest BCUT2D eigenvalue weighted by Gasteiger charge is 2.46. The molecule has 3 rings (SSSR count). The zero-order valence-electron chi connectivity index (χ0n) is 13.0. The second-order valence-electron chi connectivity index (χ2n) is 6.14. The van der Waals surface area contributed by atoms with Crippen LogP contribution in [-0.4, -0.2) is 35.5 Å². The summed E-state index contributed by atoms with van der Waals surface area (Å²) in [5.41, 5.74) is -1.01. The molecule has 9 heteroatoms. The van der Waals surface area contributed by atoms with Gasteiger partial charge >= 0.3 is 6.18 Å². The molecule has 0 spiro atoms. The molecule has 5 nitrogen and oxygen atoms in total. The first kappa shape index (κ1) is 17.7. The Bertz CT molecular complexity index is 720. The van der Waals surface area contributed by atoms with Gasteiger partial charge in [-0.2, -0.15) is 18.4 Å². The lowest BCUT2D eigenvalue weighted by Crippen LogP contribution is -2.44. The Balaban J connectivity index is 1.56. The molecule has 3 atom stereocenters. The summed E-state index contributed by atoms with van der Waals surface area (Å²) < 4.78 is 43.6. The molecule has 134 valence electrons. The number of carbonyl (C=O) groups is 1. The van der Waals surface area contributed by atoms with Gasteiger partial charge < -0.3 is 15.0 Å². The van der Waals surface area contributed by atoms with Gasteiger partial charge in [0.2, 0.25) is 0 Å². The van der Waals surface area contributed by atoms with E-state index in [1.165, 1.54) is 6.07 Å². The highest BCUT2D eigenvalue weighted by molar-refractivity contribution is 6.31. The number of fused-ring (bicyclic) bond motifs is 2. The summed E-state index contributed by atoms with van der Waals surface area (Å²) in [6.07, 6.45) is 0.0272. The normalized spacial score (nSPS) is 24.9. The van der Waals surface area contributed by atoms with Crippen LogP contribution in [0, 0.1) is 11.5 Å². The van der Waals surface area contributed by atoms with Crippen molar-refractivity contribution in [2.24, 2.45) is 0 Å². The van der Waals surface area contributed by atoms with Crippen LogP contribution in [0.1, 0.15) is 24.8 Å². The summed E-state index contributed by atoms with van der Waals surface area (Å²) in [4.78, 5) is 13.7. The molecule has 0 saturated carbocycles. The summed E-state index contributed by atoms with van der Waals surface area (Å²) >= 11 is 5.53. The fraction of sp³-hybridized carbons (Fsp3) is 0.500. The van der Waals surface area contributed by atoms with E-state index in [4.69, 9.17) is 21.6 Å². The van der Waals surface area contributed by atoms with Crippen molar-refractivity contribution in [1.82, 2.24) is 10.2 Å². The number of rotatable bonds is 4. The van der Waals surface area contributed by atoms with Crippen LogP contribution >= 0.6 is 11.6 Å². The third-order valence-electron chi connectivity index (χ3n) is 4.61. The average molecular weight is 374 g/mol. The number of nitriles is 1. The first-order chi connectivity index (χ1) is 11.8. The third-order valence-corrected chi connectivity index (χ3v) is 4.94. The number of alkyl halides is 3. The molecule has 2 fully saturated rings. The van der Waals surface area contributed by atoms with Gasteiger partial charge in [0.25, 0.3) is 5.91 Å². The highest BCUT2D eigenvalue weighted by Crippen LogP contribution is 2.38. The Kier molecular flexibility index (Phi) is 4.69. The maximum atomic E-state index is 12.8. The predicted molar refractivity (Wildman–Crippen MR) is 82.8 cm³/mol. The molecule has 25 heavy (non-hydrogen) atoms. The van der Waals surface area contributed by atoms with E-state index in [0.29, 0.717) is 6.42 Å². The number of amides is 1. The molecular weight excluding hydrogens is 359 g/mol. The van der Waals surface area contributed by atoms with Crippen molar-refractivity contribution in [1.29, 1.82) is 5.26 Å². The van der Waals surface area contributed by atoms with Crippen LogP contribution in [0.25, 0.3) is 0 Å². The molecule has 0 radical (unpaired) electrons. The lowest BCUT2D eigenvalue weighted by molar-refractivity contribution is -0.137. The van der Waals surface area contributed by atoms with E-state index in [1.807, 2.05) is 0 Å². The standard InChI is InChI=1S/C16H15ClF3N3O2/c17-12-3-2-10(6-11(12)16(18,19)20)25-7-15(24)22-13-5-9-1-4-14(13)23(9)8-21/h2-3,6,9,13-14H,1,4-5,7H2,(H,22,24). The van der Waals surface area contributed by atoms with E-state index < -0.39 is 29.3 Å². The molecule has 0 aromatic heterocycles. The fourth-order valence-electron chi connectivity index (χ4n) is 3.51. The summed E-state index contributed by atoms with van der Waals surface area (Å²) in [7, 11) is 0. The van der Waals surface area contributed by atoms with Gasteiger partial charge in [-0.25, -0.2) is 0 Å². The molecule has 1 amide bonds. The van der Waals surface area contributed by atoms with Gasteiger partial charge in [0.1, 0.15) is 5.75 Å². The number of hydrogen-bond donors (Lipinski definition) is 1. The molecule has 2 saturated heterocycles. The van der Waals surface area contributed by atoms with Crippen LogP contribution < -0.4 is 10.1 Å². The van der Waals surface area contributed by atoms with Crippen molar-refractivity contribution >= 4 is 17.5 Å². The monoisotopic (exact) mass is 373 g/mol. The Hall–Kier alpha value is -2.14. The van der Waals surface area contributed by atoms with Gasteiger partial charge in [0.15, 0.2) is 12.8 Å². The number of ether oxygens (including phenoxy) is 1. The molecule has 2 bridgehead atoms. The zero-order chi connectivity index (χ0) is 18.2. The molecular formula is C16H15ClF3N3O2. The minimum Gasteiger partial charge on any atom is -0.484 e. The first-order valence-electron chi connectivity index (χ1n) is 7.76. The molecule has 0 aliphatic carbocycles. The average Bonchev–Trinajstić information content (AvgIpc) is 3.09. The van der Waals surface area contributed by atoms with Gasteiger partial charge in [-0.15, -0.1) is 0 Å². The summed E-state index contributed by atoms with van der Waals surface area (Å²) in [5, 5.41) is 11.5. The Morgan fingerprint density at radius 2 is 2.20 bits per heavy atom. The predicted octanol–water partition coefficient (Wildman–Crippen LogP) is 2.94. The van der Waals surface area contributed by atoms with Crippen molar-refractivity contribution in [3.8, 4) is 11.9 Å². The molecule has 2 heterocycles. The first-order valence-corrected chi connectivity index (χ1v) is 8.14. The smallest absolute Gasteiger partial charge is 0.417 e. The zero-order valence-corrected chi connectivity index (χ0v) is 13.8. The molecule has 2 aliphatic heterocycles. The number of carbonyl (C=O) groups excluding carboxylic acids is 1. The number of benzene rings is 1. The third kappa shape index (κ3) is 3.61.